The van der Waals surface area contributed by atoms with E-state index in [1.165, 1.54) is 13.1 Å². The number of carbonyl (C=O) groups is 3. The highest BCUT2D eigenvalue weighted by molar-refractivity contribution is 6.37. The second-order valence-corrected chi connectivity index (χ2v) is 7.63. The third-order valence-electron chi connectivity index (χ3n) is 5.50. The molecule has 0 aliphatic carbocycles. The monoisotopic (exact) mass is 410 g/mol. The highest BCUT2D eigenvalue weighted by Gasteiger charge is 2.40. The van der Waals surface area contributed by atoms with E-state index in [-0.39, 0.29) is 11.3 Å². The minimum Gasteiger partial charge on any atom is -0.295 e. The summed E-state index contributed by atoms with van der Waals surface area (Å²) in [6.07, 6.45) is 1.44. The van der Waals surface area contributed by atoms with Crippen molar-refractivity contribution in [3.8, 4) is 5.69 Å². The molecule has 0 spiro atoms. The third kappa shape index (κ3) is 2.78. The van der Waals surface area contributed by atoms with Gasteiger partial charge in [-0.2, -0.15) is 5.10 Å². The van der Waals surface area contributed by atoms with E-state index in [1.807, 2.05) is 31.2 Å². The van der Waals surface area contributed by atoms with Crippen molar-refractivity contribution in [2.75, 3.05) is 4.90 Å². The average Bonchev–Trinajstić information content (AvgIpc) is 3.22. The van der Waals surface area contributed by atoms with Crippen LogP contribution >= 0.6 is 0 Å². The first-order valence-corrected chi connectivity index (χ1v) is 9.82. The van der Waals surface area contributed by atoms with Crippen LogP contribution in [0.3, 0.4) is 0 Å². The van der Waals surface area contributed by atoms with Gasteiger partial charge in [0.1, 0.15) is 0 Å². The first-order chi connectivity index (χ1) is 14.9. The number of pyridine rings is 1. The van der Waals surface area contributed by atoms with E-state index in [2.05, 4.69) is 10.1 Å². The maximum atomic E-state index is 13.4. The highest BCUT2D eigenvalue weighted by atomic mass is 16.2. The van der Waals surface area contributed by atoms with E-state index in [4.69, 9.17) is 0 Å². The molecule has 0 atom stereocenters. The van der Waals surface area contributed by atoms with Crippen LogP contribution in [-0.4, -0.2) is 32.4 Å². The van der Waals surface area contributed by atoms with Crippen LogP contribution < -0.4 is 4.90 Å². The number of carbonyl (C=O) groups excluding carboxylic acids is 3. The van der Waals surface area contributed by atoms with Crippen LogP contribution in [0.15, 0.2) is 54.7 Å². The molecular formula is C24H18N4O3. The van der Waals surface area contributed by atoms with Gasteiger partial charge in [0.05, 0.1) is 33.6 Å². The summed E-state index contributed by atoms with van der Waals surface area (Å²) in [6.45, 7) is 5.26. The van der Waals surface area contributed by atoms with E-state index in [1.54, 1.807) is 35.9 Å². The summed E-state index contributed by atoms with van der Waals surface area (Å²) < 4.78 is 1.69. The van der Waals surface area contributed by atoms with Crippen molar-refractivity contribution in [1.82, 2.24) is 14.8 Å². The quantitative estimate of drug-likeness (QED) is 0.376. The Morgan fingerprint density at radius 2 is 1.68 bits per heavy atom. The fraction of sp³-hybridized carbons (Fsp3) is 0.125. The molecule has 31 heavy (non-hydrogen) atoms. The predicted molar refractivity (Wildman–Crippen MR) is 116 cm³/mol. The minimum atomic E-state index is -0.437. The summed E-state index contributed by atoms with van der Waals surface area (Å²) in [5, 5.41) is 5.17. The second kappa shape index (κ2) is 6.70. The maximum Gasteiger partial charge on any atom is 0.267 e. The number of fused-ring (bicyclic) bond motifs is 3. The van der Waals surface area contributed by atoms with Gasteiger partial charge >= 0.3 is 0 Å². The topological polar surface area (TPSA) is 85.2 Å². The molecule has 2 amide bonds. The third-order valence-corrected chi connectivity index (χ3v) is 5.50. The van der Waals surface area contributed by atoms with Gasteiger partial charge in [-0.15, -0.1) is 0 Å². The largest absolute Gasteiger partial charge is 0.295 e. The molecule has 0 radical (unpaired) electrons. The molecule has 4 aromatic rings. The number of Topliss-reactive ketones (excluding diaryl/α,β-unsaturated/α-hetero) is 1. The molecule has 0 unspecified atom stereocenters. The number of hydrogen-bond acceptors (Lipinski definition) is 5. The molecule has 0 saturated heterocycles. The Balaban J connectivity index is 1.66. The summed E-state index contributed by atoms with van der Waals surface area (Å²) in [7, 11) is 0. The zero-order valence-corrected chi connectivity index (χ0v) is 17.2. The molecular weight excluding hydrogens is 392 g/mol. The number of amides is 2. The van der Waals surface area contributed by atoms with E-state index in [0.29, 0.717) is 33.5 Å². The van der Waals surface area contributed by atoms with Gasteiger partial charge in [0.15, 0.2) is 11.4 Å². The first kappa shape index (κ1) is 18.9. The molecule has 2 aromatic carbocycles. The number of aromatic nitrogens is 3. The number of hydrogen-bond donors (Lipinski definition) is 0. The molecule has 1 aliphatic heterocycles. The Kier molecular flexibility index (Phi) is 4.08. The molecule has 1 aliphatic rings. The number of benzene rings is 2. The lowest BCUT2D eigenvalue weighted by molar-refractivity contribution is 0.0925. The Morgan fingerprint density at radius 1 is 0.935 bits per heavy atom. The number of aryl methyl sites for hydroxylation is 2. The van der Waals surface area contributed by atoms with Gasteiger partial charge in [0.2, 0.25) is 0 Å². The SMILES string of the molecule is CC(=O)c1ccc(N2C(=O)c3cnc4c(c(C)nn4-c4cccc(C)c4)c3C2=O)cc1. The van der Waals surface area contributed by atoms with E-state index in [0.717, 1.165) is 16.2 Å². The van der Waals surface area contributed by atoms with Crippen LogP contribution in [-0.2, 0) is 0 Å². The number of ketones is 1. The molecule has 7 nitrogen and oxygen atoms in total. The van der Waals surface area contributed by atoms with Crippen LogP contribution in [0.5, 0.6) is 0 Å². The van der Waals surface area contributed by atoms with E-state index >= 15 is 0 Å². The molecule has 0 fully saturated rings. The van der Waals surface area contributed by atoms with Gasteiger partial charge in [-0.05, 0) is 62.7 Å². The number of rotatable bonds is 3. The highest BCUT2D eigenvalue weighted by Crippen LogP contribution is 2.34. The van der Waals surface area contributed by atoms with Crippen molar-refractivity contribution >= 4 is 34.3 Å². The zero-order valence-electron chi connectivity index (χ0n) is 17.2. The fourth-order valence-corrected chi connectivity index (χ4v) is 3.98. The van der Waals surface area contributed by atoms with Crippen LogP contribution in [0, 0.1) is 13.8 Å². The van der Waals surface area contributed by atoms with Crippen molar-refractivity contribution in [1.29, 1.82) is 0 Å². The Morgan fingerprint density at radius 3 is 2.35 bits per heavy atom. The lowest BCUT2D eigenvalue weighted by Crippen LogP contribution is -2.29. The normalized spacial score (nSPS) is 13.2. The smallest absolute Gasteiger partial charge is 0.267 e. The van der Waals surface area contributed by atoms with E-state index < -0.39 is 11.8 Å². The first-order valence-electron chi connectivity index (χ1n) is 9.82. The van der Waals surface area contributed by atoms with Crippen molar-refractivity contribution in [2.45, 2.75) is 20.8 Å². The number of anilines is 1. The molecule has 0 N–H and O–H groups in total. The molecule has 3 heterocycles. The fourth-order valence-electron chi connectivity index (χ4n) is 3.98. The van der Waals surface area contributed by atoms with Gasteiger partial charge in [0.25, 0.3) is 11.8 Å². The number of nitrogens with zero attached hydrogens (tertiary/aromatic N) is 4. The number of imide groups is 1. The molecule has 0 saturated carbocycles. The lowest BCUT2D eigenvalue weighted by atomic mass is 10.1. The molecule has 0 bridgehead atoms. The summed E-state index contributed by atoms with van der Waals surface area (Å²) in [5.74, 6) is -0.943. The molecule has 2 aromatic heterocycles. The van der Waals surface area contributed by atoms with Gasteiger partial charge < -0.3 is 0 Å². The van der Waals surface area contributed by atoms with Crippen LogP contribution in [0.2, 0.25) is 0 Å². The molecule has 5 rings (SSSR count). The van der Waals surface area contributed by atoms with Gasteiger partial charge in [-0.25, -0.2) is 14.6 Å². The van der Waals surface area contributed by atoms with Crippen LogP contribution in [0.4, 0.5) is 5.69 Å². The van der Waals surface area contributed by atoms with Gasteiger partial charge in [0, 0.05) is 11.8 Å². The van der Waals surface area contributed by atoms with Crippen molar-refractivity contribution in [3.63, 3.8) is 0 Å². The minimum absolute atomic E-state index is 0.0843. The van der Waals surface area contributed by atoms with Crippen molar-refractivity contribution in [3.05, 3.63) is 82.7 Å². The Labute approximate surface area is 177 Å². The summed E-state index contributed by atoms with van der Waals surface area (Å²) >= 11 is 0. The molecule has 7 heteroatoms. The van der Waals surface area contributed by atoms with Crippen molar-refractivity contribution < 1.29 is 14.4 Å². The van der Waals surface area contributed by atoms with Gasteiger partial charge in [-0.3, -0.25) is 14.4 Å². The van der Waals surface area contributed by atoms with E-state index in [9.17, 15) is 14.4 Å². The standard InChI is InChI=1S/C24H18N4O3/c1-13-5-4-6-18(11-13)28-22-20(14(2)26-28)21-19(12-25-22)23(30)27(24(21)31)17-9-7-16(8-10-17)15(3)29/h4-12H,1-3H3. The molecule has 152 valence electrons. The summed E-state index contributed by atoms with van der Waals surface area (Å²) in [4.78, 5) is 43.6. The summed E-state index contributed by atoms with van der Waals surface area (Å²) in [5.41, 5.74) is 4.54. The van der Waals surface area contributed by atoms with Crippen molar-refractivity contribution in [2.24, 2.45) is 0 Å². The van der Waals surface area contributed by atoms with Gasteiger partial charge in [-0.1, -0.05) is 12.1 Å². The van der Waals surface area contributed by atoms with Crippen LogP contribution in [0.25, 0.3) is 16.7 Å². The summed E-state index contributed by atoms with van der Waals surface area (Å²) in [6, 6.07) is 14.2. The zero-order chi connectivity index (χ0) is 21.9. The Bertz CT molecular complexity index is 1420. The second-order valence-electron chi connectivity index (χ2n) is 7.63. The maximum absolute atomic E-state index is 13.4. The Hall–Kier alpha value is -4.13. The predicted octanol–water partition coefficient (Wildman–Crippen LogP) is 4.04. The lowest BCUT2D eigenvalue weighted by Gasteiger charge is -2.14. The van der Waals surface area contributed by atoms with Crippen LogP contribution in [0.1, 0.15) is 49.3 Å². The average molecular weight is 410 g/mol.